The van der Waals surface area contributed by atoms with Gasteiger partial charge in [0.15, 0.2) is 0 Å². The molecule has 1 heterocycles. The summed E-state index contributed by atoms with van der Waals surface area (Å²) in [5, 5.41) is 9.17. The highest BCUT2D eigenvalue weighted by atomic mass is 16.5. The van der Waals surface area contributed by atoms with Gasteiger partial charge in [-0.25, -0.2) is 9.78 Å². The number of hydrogen-bond acceptors (Lipinski definition) is 4. The highest BCUT2D eigenvalue weighted by molar-refractivity contribution is 5.91. The number of carboxylic acids is 1. The molecule has 0 unspecified atom stereocenters. The number of aromatic nitrogens is 2. The molecule has 0 aliphatic heterocycles. The van der Waals surface area contributed by atoms with Crippen molar-refractivity contribution >= 4 is 5.97 Å². The minimum atomic E-state index is -1.11. The second kappa shape index (κ2) is 5.05. The molecule has 1 saturated carbocycles. The summed E-state index contributed by atoms with van der Waals surface area (Å²) in [7, 11) is 0. The van der Waals surface area contributed by atoms with E-state index in [1.165, 1.54) is 12.3 Å². The molecule has 6 nitrogen and oxygen atoms in total. The molecular weight excluding hydrogens is 272 g/mol. The Bertz CT molecular complexity index is 763. The molecule has 0 amide bonds. The summed E-state index contributed by atoms with van der Waals surface area (Å²) < 4.78 is 7.06. The van der Waals surface area contributed by atoms with Crippen LogP contribution in [0.2, 0.25) is 0 Å². The molecule has 0 radical (unpaired) electrons. The zero-order valence-corrected chi connectivity index (χ0v) is 11.4. The third-order valence-electron chi connectivity index (χ3n) is 3.35. The zero-order chi connectivity index (χ0) is 15.0. The van der Waals surface area contributed by atoms with Gasteiger partial charge in [-0.05, 0) is 37.5 Å². The SMILES string of the molecule is Cc1ccc(C(=O)O)c(Oc2nccn(C3CC3)c2=O)c1. The number of benzene rings is 1. The van der Waals surface area contributed by atoms with Crippen LogP contribution in [0.3, 0.4) is 0 Å². The number of nitrogens with zero attached hydrogens (tertiary/aromatic N) is 2. The lowest BCUT2D eigenvalue weighted by Gasteiger charge is -2.10. The van der Waals surface area contributed by atoms with Crippen molar-refractivity contribution in [2.24, 2.45) is 0 Å². The smallest absolute Gasteiger partial charge is 0.339 e. The number of carbonyl (C=O) groups is 1. The van der Waals surface area contributed by atoms with E-state index in [0.717, 1.165) is 18.4 Å². The molecule has 1 aromatic carbocycles. The van der Waals surface area contributed by atoms with E-state index in [-0.39, 0.29) is 28.8 Å². The fourth-order valence-corrected chi connectivity index (χ4v) is 2.11. The van der Waals surface area contributed by atoms with Gasteiger partial charge in [-0.1, -0.05) is 6.07 Å². The zero-order valence-electron chi connectivity index (χ0n) is 11.4. The van der Waals surface area contributed by atoms with Gasteiger partial charge in [0.2, 0.25) is 0 Å². The van der Waals surface area contributed by atoms with Crippen molar-refractivity contribution in [3.8, 4) is 11.6 Å². The van der Waals surface area contributed by atoms with Gasteiger partial charge in [0.25, 0.3) is 5.88 Å². The van der Waals surface area contributed by atoms with E-state index < -0.39 is 5.97 Å². The predicted molar refractivity (Wildman–Crippen MR) is 75.0 cm³/mol. The van der Waals surface area contributed by atoms with Gasteiger partial charge in [0.05, 0.1) is 0 Å². The van der Waals surface area contributed by atoms with E-state index >= 15 is 0 Å². The molecule has 1 aliphatic rings. The Kier molecular flexibility index (Phi) is 3.21. The van der Waals surface area contributed by atoms with Crippen LogP contribution >= 0.6 is 0 Å². The van der Waals surface area contributed by atoms with Crippen LogP contribution in [-0.4, -0.2) is 20.6 Å². The minimum Gasteiger partial charge on any atom is -0.478 e. The lowest BCUT2D eigenvalue weighted by atomic mass is 10.1. The summed E-state index contributed by atoms with van der Waals surface area (Å²) in [6.07, 6.45) is 5.05. The largest absolute Gasteiger partial charge is 0.478 e. The van der Waals surface area contributed by atoms with Gasteiger partial charge >= 0.3 is 11.5 Å². The molecular formula is C15H14N2O4. The molecule has 6 heteroatoms. The first-order chi connectivity index (χ1) is 10.1. The van der Waals surface area contributed by atoms with Gasteiger partial charge < -0.3 is 14.4 Å². The van der Waals surface area contributed by atoms with Gasteiger partial charge in [0.1, 0.15) is 11.3 Å². The summed E-state index contributed by atoms with van der Waals surface area (Å²) in [6.45, 7) is 1.82. The molecule has 3 rings (SSSR count). The summed E-state index contributed by atoms with van der Waals surface area (Å²) in [5.41, 5.74) is 0.509. The van der Waals surface area contributed by atoms with Crippen LogP contribution in [0.25, 0.3) is 0 Å². The first kappa shape index (κ1) is 13.4. The summed E-state index contributed by atoms with van der Waals surface area (Å²) >= 11 is 0. The van der Waals surface area contributed by atoms with Crippen LogP contribution in [0.1, 0.15) is 34.8 Å². The lowest BCUT2D eigenvalue weighted by molar-refractivity contribution is 0.0694. The second-order valence-corrected chi connectivity index (χ2v) is 5.08. The van der Waals surface area contributed by atoms with E-state index in [4.69, 9.17) is 4.74 Å². The first-order valence-corrected chi connectivity index (χ1v) is 6.65. The average Bonchev–Trinajstić information content (AvgIpc) is 3.25. The van der Waals surface area contributed by atoms with Gasteiger partial charge in [-0.3, -0.25) is 4.79 Å². The Hall–Kier alpha value is -2.63. The highest BCUT2D eigenvalue weighted by Gasteiger charge is 2.26. The predicted octanol–water partition coefficient (Wildman–Crippen LogP) is 2.38. The Morgan fingerprint density at radius 3 is 2.86 bits per heavy atom. The number of ether oxygens (including phenoxy) is 1. The standard InChI is InChI=1S/C15H14N2O4/c1-9-2-5-11(15(19)20)12(8-9)21-13-14(18)17(7-6-16-13)10-3-4-10/h2,5-8,10H,3-4H2,1H3,(H,19,20). The number of aryl methyl sites for hydroxylation is 1. The van der Waals surface area contributed by atoms with Crippen molar-refractivity contribution < 1.29 is 14.6 Å². The number of rotatable bonds is 4. The van der Waals surface area contributed by atoms with E-state index in [0.29, 0.717) is 0 Å². The molecule has 0 bridgehead atoms. The van der Waals surface area contributed by atoms with Crippen LogP contribution in [0.4, 0.5) is 0 Å². The van der Waals surface area contributed by atoms with Crippen LogP contribution in [0.15, 0.2) is 35.4 Å². The van der Waals surface area contributed by atoms with Crippen molar-refractivity contribution in [3.05, 3.63) is 52.1 Å². The maximum absolute atomic E-state index is 12.2. The van der Waals surface area contributed by atoms with Crippen molar-refractivity contribution in [1.82, 2.24) is 9.55 Å². The maximum Gasteiger partial charge on any atom is 0.339 e. The van der Waals surface area contributed by atoms with Gasteiger partial charge in [-0.2, -0.15) is 0 Å². The van der Waals surface area contributed by atoms with Gasteiger partial charge in [0, 0.05) is 18.4 Å². The molecule has 0 saturated heterocycles. The monoisotopic (exact) mass is 286 g/mol. The molecule has 0 spiro atoms. The van der Waals surface area contributed by atoms with Crippen LogP contribution in [0, 0.1) is 6.92 Å². The Morgan fingerprint density at radius 1 is 1.43 bits per heavy atom. The highest BCUT2D eigenvalue weighted by Crippen LogP contribution is 2.33. The fraction of sp³-hybridized carbons (Fsp3) is 0.267. The Balaban J connectivity index is 2.01. The first-order valence-electron chi connectivity index (χ1n) is 6.65. The molecule has 108 valence electrons. The molecule has 1 aliphatic carbocycles. The quantitative estimate of drug-likeness (QED) is 0.933. The third kappa shape index (κ3) is 2.65. The molecule has 1 fully saturated rings. The van der Waals surface area contributed by atoms with Gasteiger partial charge in [-0.15, -0.1) is 0 Å². The van der Waals surface area contributed by atoms with E-state index in [1.807, 2.05) is 6.92 Å². The Morgan fingerprint density at radius 2 is 2.19 bits per heavy atom. The lowest BCUT2D eigenvalue weighted by Crippen LogP contribution is -2.21. The van der Waals surface area contributed by atoms with Crippen molar-refractivity contribution in [2.45, 2.75) is 25.8 Å². The van der Waals surface area contributed by atoms with Crippen molar-refractivity contribution in [3.63, 3.8) is 0 Å². The molecule has 1 aromatic heterocycles. The Labute approximate surface area is 120 Å². The molecule has 0 atom stereocenters. The molecule has 1 N–H and O–H groups in total. The molecule has 21 heavy (non-hydrogen) atoms. The fourth-order valence-electron chi connectivity index (χ4n) is 2.11. The van der Waals surface area contributed by atoms with E-state index in [1.54, 1.807) is 22.9 Å². The second-order valence-electron chi connectivity index (χ2n) is 5.08. The summed E-state index contributed by atoms with van der Waals surface area (Å²) in [6, 6.07) is 4.92. The summed E-state index contributed by atoms with van der Waals surface area (Å²) in [4.78, 5) is 27.4. The topological polar surface area (TPSA) is 81.4 Å². The maximum atomic E-state index is 12.2. The van der Waals surface area contributed by atoms with Crippen LogP contribution in [-0.2, 0) is 0 Å². The number of aromatic carboxylic acids is 1. The number of hydrogen-bond donors (Lipinski definition) is 1. The number of carboxylic acid groups (broad SMARTS) is 1. The van der Waals surface area contributed by atoms with E-state index in [2.05, 4.69) is 4.98 Å². The summed E-state index contributed by atoms with van der Waals surface area (Å²) in [5.74, 6) is -1.08. The van der Waals surface area contributed by atoms with Crippen LogP contribution in [0.5, 0.6) is 11.6 Å². The normalized spacial score (nSPS) is 14.0. The van der Waals surface area contributed by atoms with E-state index in [9.17, 15) is 14.7 Å². The third-order valence-corrected chi connectivity index (χ3v) is 3.35. The van der Waals surface area contributed by atoms with Crippen molar-refractivity contribution in [2.75, 3.05) is 0 Å². The minimum absolute atomic E-state index is 0.00336. The van der Waals surface area contributed by atoms with Crippen molar-refractivity contribution in [1.29, 1.82) is 0 Å². The molecule has 2 aromatic rings. The average molecular weight is 286 g/mol. The van der Waals surface area contributed by atoms with Crippen LogP contribution < -0.4 is 10.3 Å².